The van der Waals surface area contributed by atoms with E-state index in [4.69, 9.17) is 16.7 Å². The molecule has 82 valence electrons. The molecule has 0 aromatic heterocycles. The first-order valence-electron chi connectivity index (χ1n) is 3.94. The Kier molecular flexibility index (Phi) is 3.85. The highest BCUT2D eigenvalue weighted by molar-refractivity contribution is 6.31. The molecule has 0 heterocycles. The van der Waals surface area contributed by atoms with Crippen LogP contribution in [0.4, 0.5) is 8.78 Å². The molecule has 3 nitrogen and oxygen atoms in total. The minimum absolute atomic E-state index is 0.118. The fourth-order valence-corrected chi connectivity index (χ4v) is 1.12. The number of carboxylic acid groups (broad SMARTS) is 1. The molecule has 1 rings (SSSR count). The van der Waals surface area contributed by atoms with Gasteiger partial charge in [-0.25, -0.2) is 13.6 Å². The number of hydrogen-bond acceptors (Lipinski definition) is 2. The van der Waals surface area contributed by atoms with Gasteiger partial charge in [-0.1, -0.05) is 11.6 Å². The van der Waals surface area contributed by atoms with Crippen molar-refractivity contribution in [3.63, 3.8) is 0 Å². The van der Waals surface area contributed by atoms with Crippen LogP contribution in [0.5, 0.6) is 5.75 Å². The van der Waals surface area contributed by atoms with Crippen molar-refractivity contribution >= 4 is 17.6 Å². The second-order valence-electron chi connectivity index (χ2n) is 2.65. The average Bonchev–Trinajstić information content (AvgIpc) is 2.15. The Labute approximate surface area is 89.2 Å². The van der Waals surface area contributed by atoms with Gasteiger partial charge in [0.25, 0.3) is 6.43 Å². The Morgan fingerprint density at radius 1 is 1.53 bits per heavy atom. The first kappa shape index (κ1) is 11.7. The van der Waals surface area contributed by atoms with E-state index in [1.807, 2.05) is 0 Å². The number of carboxylic acids is 1. The summed E-state index contributed by atoms with van der Waals surface area (Å²) in [5.74, 6) is -1.39. The van der Waals surface area contributed by atoms with Crippen LogP contribution in [0.2, 0.25) is 5.02 Å². The molecular weight excluding hydrogens is 230 g/mol. The maximum atomic E-state index is 11.8. The predicted octanol–water partition coefficient (Wildman–Crippen LogP) is 2.68. The highest BCUT2D eigenvalue weighted by Crippen LogP contribution is 2.23. The number of benzene rings is 1. The van der Waals surface area contributed by atoms with Crippen LogP contribution in [-0.2, 0) is 0 Å². The maximum absolute atomic E-state index is 11.8. The van der Waals surface area contributed by atoms with Gasteiger partial charge in [-0.15, -0.1) is 0 Å². The fourth-order valence-electron chi connectivity index (χ4n) is 0.948. The van der Waals surface area contributed by atoms with Crippen molar-refractivity contribution in [2.45, 2.75) is 6.43 Å². The van der Waals surface area contributed by atoms with Gasteiger partial charge in [0.2, 0.25) is 0 Å². The number of hydrogen-bond donors (Lipinski definition) is 1. The lowest BCUT2D eigenvalue weighted by Crippen LogP contribution is -2.10. The van der Waals surface area contributed by atoms with E-state index in [1.54, 1.807) is 0 Å². The molecule has 0 saturated heterocycles. The Balaban J connectivity index is 2.91. The lowest BCUT2D eigenvalue weighted by Gasteiger charge is -2.08. The van der Waals surface area contributed by atoms with Gasteiger partial charge in [-0.3, -0.25) is 0 Å². The maximum Gasteiger partial charge on any atom is 0.339 e. The van der Waals surface area contributed by atoms with E-state index >= 15 is 0 Å². The van der Waals surface area contributed by atoms with Crippen molar-refractivity contribution in [1.29, 1.82) is 0 Å². The van der Waals surface area contributed by atoms with E-state index in [0.717, 1.165) is 6.07 Å². The summed E-state index contributed by atoms with van der Waals surface area (Å²) in [5, 5.41) is 8.93. The smallest absolute Gasteiger partial charge is 0.339 e. The number of alkyl halides is 2. The minimum atomic E-state index is -2.65. The fraction of sp³-hybridized carbons (Fsp3) is 0.222. The summed E-state index contributed by atoms with van der Waals surface area (Å²) < 4.78 is 28.3. The van der Waals surface area contributed by atoms with E-state index in [0.29, 0.717) is 0 Å². The molecule has 0 saturated carbocycles. The van der Waals surface area contributed by atoms with Crippen molar-refractivity contribution in [3.8, 4) is 5.75 Å². The topological polar surface area (TPSA) is 46.5 Å². The van der Waals surface area contributed by atoms with Crippen molar-refractivity contribution in [2.24, 2.45) is 0 Å². The molecule has 0 aliphatic heterocycles. The lowest BCUT2D eigenvalue weighted by atomic mass is 10.2. The first-order valence-corrected chi connectivity index (χ1v) is 4.32. The second-order valence-corrected chi connectivity index (χ2v) is 3.08. The molecule has 0 spiro atoms. The van der Waals surface area contributed by atoms with E-state index in [2.05, 4.69) is 4.74 Å². The van der Waals surface area contributed by atoms with E-state index in [9.17, 15) is 13.6 Å². The highest BCUT2D eigenvalue weighted by Gasteiger charge is 2.13. The third kappa shape index (κ3) is 3.36. The molecular formula is C9H7ClF2O3. The van der Waals surface area contributed by atoms with E-state index < -0.39 is 19.0 Å². The van der Waals surface area contributed by atoms with Crippen molar-refractivity contribution in [1.82, 2.24) is 0 Å². The number of carbonyl (C=O) groups is 1. The lowest BCUT2D eigenvalue weighted by molar-refractivity contribution is 0.0664. The molecule has 0 aliphatic carbocycles. The van der Waals surface area contributed by atoms with Crippen LogP contribution >= 0.6 is 11.6 Å². The molecule has 0 amide bonds. The third-order valence-electron chi connectivity index (χ3n) is 1.54. The number of halogens is 3. The van der Waals surface area contributed by atoms with Gasteiger partial charge in [0.05, 0.1) is 0 Å². The standard InChI is InChI=1S/C9H7ClF2O3/c10-5-1-2-7(15-4-8(11)12)6(3-5)9(13)14/h1-3,8H,4H2,(H,13,14). The molecule has 1 aromatic carbocycles. The molecule has 0 bridgehead atoms. The van der Waals surface area contributed by atoms with Gasteiger partial charge in [-0.05, 0) is 18.2 Å². The second kappa shape index (κ2) is 4.93. The van der Waals surface area contributed by atoms with Crippen LogP contribution < -0.4 is 4.74 Å². The van der Waals surface area contributed by atoms with Gasteiger partial charge in [0.1, 0.15) is 17.9 Å². The highest BCUT2D eigenvalue weighted by atomic mass is 35.5. The molecule has 1 aromatic rings. The first-order chi connectivity index (χ1) is 7.00. The van der Waals surface area contributed by atoms with Gasteiger partial charge in [0.15, 0.2) is 0 Å². The third-order valence-corrected chi connectivity index (χ3v) is 1.77. The molecule has 0 aliphatic rings. The van der Waals surface area contributed by atoms with Crippen molar-refractivity contribution in [3.05, 3.63) is 28.8 Å². The monoisotopic (exact) mass is 236 g/mol. The molecule has 0 radical (unpaired) electrons. The number of aromatic carboxylic acids is 1. The molecule has 0 unspecified atom stereocenters. The zero-order chi connectivity index (χ0) is 11.4. The van der Waals surface area contributed by atoms with Gasteiger partial charge in [-0.2, -0.15) is 0 Å². The summed E-state index contributed by atoms with van der Waals surface area (Å²) in [6.45, 7) is -0.845. The average molecular weight is 237 g/mol. The Bertz CT molecular complexity index is 368. The summed E-state index contributed by atoms with van der Waals surface area (Å²) in [6, 6.07) is 3.76. The van der Waals surface area contributed by atoms with Gasteiger partial charge >= 0.3 is 5.97 Å². The Morgan fingerprint density at radius 3 is 2.73 bits per heavy atom. The van der Waals surface area contributed by atoms with Crippen LogP contribution in [0.1, 0.15) is 10.4 Å². The summed E-state index contributed by atoms with van der Waals surface area (Å²) in [6.07, 6.45) is -2.65. The Morgan fingerprint density at radius 2 is 2.20 bits per heavy atom. The van der Waals surface area contributed by atoms with Crippen LogP contribution in [0.15, 0.2) is 18.2 Å². The normalized spacial score (nSPS) is 10.4. The SMILES string of the molecule is O=C(O)c1cc(Cl)ccc1OCC(F)F. The molecule has 6 heteroatoms. The zero-order valence-corrected chi connectivity index (χ0v) is 8.17. The van der Waals surface area contributed by atoms with Gasteiger partial charge in [0, 0.05) is 5.02 Å². The minimum Gasteiger partial charge on any atom is -0.487 e. The summed E-state index contributed by atoms with van der Waals surface area (Å²) in [7, 11) is 0. The quantitative estimate of drug-likeness (QED) is 0.874. The summed E-state index contributed by atoms with van der Waals surface area (Å²) >= 11 is 5.56. The predicted molar refractivity (Wildman–Crippen MR) is 49.9 cm³/mol. The summed E-state index contributed by atoms with van der Waals surface area (Å²) in [4.78, 5) is 10.7. The number of rotatable bonds is 4. The van der Waals surface area contributed by atoms with Crippen molar-refractivity contribution in [2.75, 3.05) is 6.61 Å². The number of ether oxygens (including phenoxy) is 1. The largest absolute Gasteiger partial charge is 0.487 e. The molecule has 1 N–H and O–H groups in total. The summed E-state index contributed by atoms with van der Waals surface area (Å²) in [5.41, 5.74) is -0.233. The van der Waals surface area contributed by atoms with Crippen LogP contribution in [-0.4, -0.2) is 24.1 Å². The van der Waals surface area contributed by atoms with Crippen LogP contribution in [0.25, 0.3) is 0 Å². The van der Waals surface area contributed by atoms with Crippen molar-refractivity contribution < 1.29 is 23.4 Å². The molecule has 15 heavy (non-hydrogen) atoms. The van der Waals surface area contributed by atoms with Gasteiger partial charge < -0.3 is 9.84 Å². The van der Waals surface area contributed by atoms with Crippen LogP contribution in [0.3, 0.4) is 0 Å². The van der Waals surface area contributed by atoms with E-state index in [1.165, 1.54) is 12.1 Å². The zero-order valence-electron chi connectivity index (χ0n) is 7.41. The van der Waals surface area contributed by atoms with Crippen LogP contribution in [0, 0.1) is 0 Å². The Hall–Kier alpha value is -1.36. The molecule has 0 atom stereocenters. The van der Waals surface area contributed by atoms with E-state index in [-0.39, 0.29) is 16.3 Å². The molecule has 0 fully saturated rings.